The quantitative estimate of drug-likeness (QED) is 0.570. The number of rotatable bonds is 3. The monoisotopic (exact) mass is 456 g/mol. The van der Waals surface area contributed by atoms with Gasteiger partial charge in [-0.3, -0.25) is 0 Å². The fraction of sp³-hybridized carbons (Fsp3) is 0.391. The summed E-state index contributed by atoms with van der Waals surface area (Å²) in [5.74, 6) is -0.216. The summed E-state index contributed by atoms with van der Waals surface area (Å²) in [6.45, 7) is 5.56. The van der Waals surface area contributed by atoms with Crippen LogP contribution in [0.4, 0.5) is 25.2 Å². The van der Waals surface area contributed by atoms with E-state index in [4.69, 9.17) is 10.5 Å². The second kappa shape index (κ2) is 8.76. The van der Waals surface area contributed by atoms with E-state index in [-0.39, 0.29) is 37.2 Å². The Morgan fingerprint density at radius 2 is 1.97 bits per heavy atom. The highest BCUT2D eigenvalue weighted by molar-refractivity contribution is 5.81. The normalized spacial score (nSPS) is 18.9. The Kier molecular flexibility index (Phi) is 6.01. The summed E-state index contributed by atoms with van der Waals surface area (Å²) in [6.07, 6.45) is 1.66. The molecule has 0 saturated carbocycles. The number of benzene rings is 1. The van der Waals surface area contributed by atoms with Crippen molar-refractivity contribution in [2.75, 3.05) is 24.1 Å². The molecule has 33 heavy (non-hydrogen) atoms. The fourth-order valence-corrected chi connectivity index (χ4v) is 3.66. The number of fused-ring (bicyclic) bond motifs is 1. The highest BCUT2D eigenvalue weighted by atomic mass is 19.1. The molecule has 0 aliphatic carbocycles. The van der Waals surface area contributed by atoms with Gasteiger partial charge in [-0.25, -0.2) is 23.5 Å². The standard InChI is InChI=1S/C23H26F2N6O2/c1-23(2,3)33-22(32)31-11-16(24)8-17(12-31)29-21-28-10-15-6-14(9-27-20(15)30-21)13-4-5-19(26)18(25)7-13/h4-7,9-10,16-17H,8,11-12,26H2,1-3H3,(H,27,28,29,30)/t16-,17-/m0/s1. The molecule has 0 bridgehead atoms. The van der Waals surface area contributed by atoms with E-state index in [0.717, 1.165) is 0 Å². The van der Waals surface area contributed by atoms with Crippen LogP contribution in [0.15, 0.2) is 36.7 Å². The van der Waals surface area contributed by atoms with Gasteiger partial charge < -0.3 is 20.7 Å². The number of amides is 1. The van der Waals surface area contributed by atoms with E-state index in [0.29, 0.717) is 22.2 Å². The molecule has 4 rings (SSSR count). The van der Waals surface area contributed by atoms with Gasteiger partial charge in [-0.05, 0) is 44.5 Å². The third-order valence-corrected chi connectivity index (χ3v) is 5.15. The summed E-state index contributed by atoms with van der Waals surface area (Å²) in [5, 5.41) is 3.76. The lowest BCUT2D eigenvalue weighted by Crippen LogP contribution is -2.51. The molecule has 1 aromatic carbocycles. The van der Waals surface area contributed by atoms with Crippen molar-refractivity contribution < 1.29 is 18.3 Å². The molecule has 1 aliphatic rings. The average molecular weight is 456 g/mol. The van der Waals surface area contributed by atoms with E-state index in [9.17, 15) is 13.6 Å². The maximum atomic E-state index is 14.3. The zero-order valence-corrected chi connectivity index (χ0v) is 18.7. The lowest BCUT2D eigenvalue weighted by Gasteiger charge is -2.36. The van der Waals surface area contributed by atoms with Crippen molar-refractivity contribution in [3.05, 3.63) is 42.5 Å². The Bertz CT molecular complexity index is 1180. The lowest BCUT2D eigenvalue weighted by molar-refractivity contribution is 0.0124. The number of nitrogens with zero attached hydrogens (tertiary/aromatic N) is 4. The molecule has 1 aliphatic heterocycles. The van der Waals surface area contributed by atoms with Gasteiger partial charge in [-0.2, -0.15) is 4.98 Å². The second-order valence-corrected chi connectivity index (χ2v) is 9.13. The van der Waals surface area contributed by atoms with E-state index in [1.54, 1.807) is 45.3 Å². The molecule has 1 fully saturated rings. The second-order valence-electron chi connectivity index (χ2n) is 9.13. The van der Waals surface area contributed by atoms with Crippen LogP contribution in [-0.2, 0) is 4.74 Å². The van der Waals surface area contributed by atoms with Crippen molar-refractivity contribution in [1.29, 1.82) is 0 Å². The van der Waals surface area contributed by atoms with E-state index in [2.05, 4.69) is 20.3 Å². The number of likely N-dealkylation sites (tertiary alicyclic amines) is 1. The number of halogens is 2. The van der Waals surface area contributed by atoms with Crippen molar-refractivity contribution in [2.45, 2.75) is 45.0 Å². The summed E-state index contributed by atoms with van der Waals surface area (Å²) in [4.78, 5) is 26.8. The van der Waals surface area contributed by atoms with E-state index >= 15 is 0 Å². The number of hydrogen-bond donors (Lipinski definition) is 2. The lowest BCUT2D eigenvalue weighted by atomic mass is 10.0. The number of nitrogens with two attached hydrogens (primary N) is 1. The number of alkyl halides is 1. The minimum Gasteiger partial charge on any atom is -0.444 e. The number of nitrogens with one attached hydrogen (secondary N) is 1. The van der Waals surface area contributed by atoms with Crippen molar-refractivity contribution in [2.24, 2.45) is 0 Å². The summed E-state index contributed by atoms with van der Waals surface area (Å²) in [5.41, 5.74) is 6.73. The smallest absolute Gasteiger partial charge is 0.410 e. The molecule has 2 aromatic heterocycles. The first kappa shape index (κ1) is 22.6. The van der Waals surface area contributed by atoms with Crippen molar-refractivity contribution in [3.8, 4) is 11.1 Å². The van der Waals surface area contributed by atoms with Crippen LogP contribution < -0.4 is 11.1 Å². The first-order chi connectivity index (χ1) is 15.6. The highest BCUT2D eigenvalue weighted by Crippen LogP contribution is 2.25. The van der Waals surface area contributed by atoms with Crippen LogP contribution in [0.2, 0.25) is 0 Å². The van der Waals surface area contributed by atoms with Crippen LogP contribution in [0.5, 0.6) is 0 Å². The third kappa shape index (κ3) is 5.44. The van der Waals surface area contributed by atoms with Gasteiger partial charge in [0.1, 0.15) is 17.6 Å². The van der Waals surface area contributed by atoms with Gasteiger partial charge >= 0.3 is 6.09 Å². The first-order valence-electron chi connectivity index (χ1n) is 10.6. The Balaban J connectivity index is 1.49. The summed E-state index contributed by atoms with van der Waals surface area (Å²) >= 11 is 0. The summed E-state index contributed by atoms with van der Waals surface area (Å²) < 4.78 is 33.5. The first-order valence-corrected chi connectivity index (χ1v) is 10.6. The number of piperidine rings is 1. The van der Waals surface area contributed by atoms with Gasteiger partial charge in [-0.1, -0.05) is 6.07 Å². The van der Waals surface area contributed by atoms with Crippen LogP contribution >= 0.6 is 0 Å². The van der Waals surface area contributed by atoms with Crippen molar-refractivity contribution >= 4 is 28.8 Å². The van der Waals surface area contributed by atoms with Crippen LogP contribution in [0.25, 0.3) is 22.2 Å². The number of hydrogen-bond acceptors (Lipinski definition) is 7. The highest BCUT2D eigenvalue weighted by Gasteiger charge is 2.33. The molecule has 10 heteroatoms. The van der Waals surface area contributed by atoms with Gasteiger partial charge in [0, 0.05) is 42.4 Å². The number of carbonyl (C=O) groups is 1. The largest absolute Gasteiger partial charge is 0.444 e. The molecule has 8 nitrogen and oxygen atoms in total. The maximum Gasteiger partial charge on any atom is 0.410 e. The number of aromatic nitrogens is 3. The molecular weight excluding hydrogens is 430 g/mol. The van der Waals surface area contributed by atoms with Gasteiger partial charge in [0.2, 0.25) is 5.95 Å². The van der Waals surface area contributed by atoms with Gasteiger partial charge in [0.15, 0.2) is 5.65 Å². The van der Waals surface area contributed by atoms with Crippen LogP contribution in [0, 0.1) is 5.82 Å². The molecule has 0 spiro atoms. The zero-order valence-electron chi connectivity index (χ0n) is 18.7. The number of nitrogen functional groups attached to an aromatic ring is 1. The average Bonchev–Trinajstić information content (AvgIpc) is 2.74. The number of carbonyl (C=O) groups excluding carboxylic acids is 1. The molecule has 3 aromatic rings. The van der Waals surface area contributed by atoms with Crippen molar-refractivity contribution in [1.82, 2.24) is 19.9 Å². The van der Waals surface area contributed by atoms with Gasteiger partial charge in [-0.15, -0.1) is 0 Å². The van der Waals surface area contributed by atoms with Crippen molar-refractivity contribution in [3.63, 3.8) is 0 Å². The molecule has 1 amide bonds. The Morgan fingerprint density at radius 1 is 1.18 bits per heavy atom. The SMILES string of the molecule is CC(C)(C)OC(=O)N1C[C@@H](F)C[C@H](Nc2ncc3cc(-c4ccc(N)c(F)c4)cnc3n2)C1. The van der Waals surface area contributed by atoms with Gasteiger partial charge in [0.05, 0.1) is 12.2 Å². The number of anilines is 2. The molecule has 3 N–H and O–H groups in total. The molecule has 1 saturated heterocycles. The number of pyridine rings is 1. The fourth-order valence-electron chi connectivity index (χ4n) is 3.66. The Hall–Kier alpha value is -3.56. The van der Waals surface area contributed by atoms with E-state index < -0.39 is 23.7 Å². The molecule has 174 valence electrons. The minimum atomic E-state index is -1.19. The summed E-state index contributed by atoms with van der Waals surface area (Å²) in [6, 6.07) is 5.99. The molecular formula is C23H26F2N6O2. The molecule has 0 unspecified atom stereocenters. The Morgan fingerprint density at radius 3 is 2.70 bits per heavy atom. The van der Waals surface area contributed by atoms with Gasteiger partial charge in [0.25, 0.3) is 0 Å². The molecule has 2 atom stereocenters. The van der Waals surface area contributed by atoms with Crippen LogP contribution in [-0.4, -0.2) is 56.8 Å². The topological polar surface area (TPSA) is 106 Å². The van der Waals surface area contributed by atoms with Crippen LogP contribution in [0.3, 0.4) is 0 Å². The molecule has 0 radical (unpaired) electrons. The van der Waals surface area contributed by atoms with Crippen LogP contribution in [0.1, 0.15) is 27.2 Å². The predicted molar refractivity (Wildman–Crippen MR) is 122 cm³/mol. The minimum absolute atomic E-state index is 0.0122. The molecule has 3 heterocycles. The maximum absolute atomic E-state index is 14.3. The predicted octanol–water partition coefficient (Wildman–Crippen LogP) is 4.17. The third-order valence-electron chi connectivity index (χ3n) is 5.15. The van der Waals surface area contributed by atoms with E-state index in [1.807, 2.05) is 0 Å². The van der Waals surface area contributed by atoms with E-state index in [1.165, 1.54) is 17.0 Å². The zero-order chi connectivity index (χ0) is 23.8. The number of ether oxygens (including phenoxy) is 1. The Labute approximate surface area is 190 Å². The summed E-state index contributed by atoms with van der Waals surface area (Å²) in [7, 11) is 0.